The van der Waals surface area contributed by atoms with Crippen LogP contribution in [0.1, 0.15) is 5.69 Å². The van der Waals surface area contributed by atoms with E-state index < -0.39 is 24.0 Å². The summed E-state index contributed by atoms with van der Waals surface area (Å²) < 4.78 is 12.3. The molecule has 2 aliphatic rings. The summed E-state index contributed by atoms with van der Waals surface area (Å²) >= 11 is 0. The van der Waals surface area contributed by atoms with Gasteiger partial charge in [-0.05, 0) is 0 Å². The van der Waals surface area contributed by atoms with Crippen molar-refractivity contribution in [2.45, 2.75) is 30.6 Å². The second-order valence-electron chi connectivity index (χ2n) is 4.25. The minimum absolute atomic E-state index is 0.0537. The monoisotopic (exact) mass is 243 g/mol. The van der Waals surface area contributed by atoms with E-state index >= 15 is 0 Å². The largest absolute Gasteiger partial charge is 0.394 e. The molecule has 17 heavy (non-hydrogen) atoms. The number of fused-ring (bicyclic) bond motifs is 2. The van der Waals surface area contributed by atoms with Gasteiger partial charge in [-0.25, -0.2) is 4.68 Å². The van der Waals surface area contributed by atoms with Crippen LogP contribution in [-0.4, -0.2) is 61.8 Å². The van der Waals surface area contributed by atoms with Crippen molar-refractivity contribution in [1.82, 2.24) is 15.0 Å². The predicted molar refractivity (Wildman–Crippen MR) is 51.6 cm³/mol. The first kappa shape index (κ1) is 11.1. The minimum atomic E-state index is -1.29. The van der Waals surface area contributed by atoms with Crippen molar-refractivity contribution in [2.75, 3.05) is 13.2 Å². The normalized spacial score (nSPS) is 40.8. The Bertz CT molecular complexity index is 425. The first-order chi connectivity index (χ1) is 8.19. The van der Waals surface area contributed by atoms with Crippen molar-refractivity contribution >= 4 is 0 Å². The number of ether oxygens (including phenoxy) is 2. The lowest BCUT2D eigenvalue weighted by atomic mass is 10.0. The van der Waals surface area contributed by atoms with E-state index in [4.69, 9.17) is 14.6 Å². The molecule has 0 unspecified atom stereocenters. The third-order valence-corrected chi connectivity index (χ3v) is 3.24. The molecule has 8 heteroatoms. The topological polar surface area (TPSA) is 110 Å². The number of rotatable bonds is 1. The number of hydrogen-bond donors (Lipinski definition) is 3. The molecule has 0 radical (unpaired) electrons. The number of hydrogen-bond acceptors (Lipinski definition) is 7. The van der Waals surface area contributed by atoms with E-state index in [9.17, 15) is 10.2 Å². The maximum Gasteiger partial charge on any atom is 0.215 e. The number of aromatic nitrogens is 3. The van der Waals surface area contributed by atoms with Crippen molar-refractivity contribution in [3.8, 4) is 0 Å². The predicted octanol–water partition coefficient (Wildman–Crippen LogP) is -2.43. The van der Waals surface area contributed by atoms with Crippen molar-refractivity contribution in [2.24, 2.45) is 0 Å². The second kappa shape index (κ2) is 3.72. The Morgan fingerprint density at radius 3 is 3.06 bits per heavy atom. The van der Waals surface area contributed by atoms with Crippen LogP contribution in [0.15, 0.2) is 6.20 Å². The standard InChI is InChI=1S/C9H13N3O5/c13-2-6-7(14)8(15)9(17-6)4-16-3-5-1-10-11-12(5)9/h1,6-8,13-15H,2-4H2/t6-,7-,8-,9-/m1/s1. The van der Waals surface area contributed by atoms with Gasteiger partial charge >= 0.3 is 0 Å². The van der Waals surface area contributed by atoms with Gasteiger partial charge in [0.25, 0.3) is 0 Å². The van der Waals surface area contributed by atoms with Crippen LogP contribution in [0.2, 0.25) is 0 Å². The highest BCUT2D eigenvalue weighted by Gasteiger charge is 2.58. The lowest BCUT2D eigenvalue weighted by molar-refractivity contribution is -0.208. The zero-order valence-electron chi connectivity index (χ0n) is 8.93. The fourth-order valence-corrected chi connectivity index (χ4v) is 2.35. The summed E-state index contributed by atoms with van der Waals surface area (Å²) in [5.41, 5.74) is -0.641. The average molecular weight is 243 g/mol. The van der Waals surface area contributed by atoms with E-state index in [1.807, 2.05) is 0 Å². The molecule has 3 heterocycles. The molecule has 0 aliphatic carbocycles. The average Bonchev–Trinajstić information content (AvgIpc) is 2.90. The molecular weight excluding hydrogens is 230 g/mol. The van der Waals surface area contributed by atoms with E-state index in [1.54, 1.807) is 0 Å². The molecule has 0 saturated carbocycles. The van der Waals surface area contributed by atoms with Gasteiger partial charge in [-0.15, -0.1) is 5.10 Å². The van der Waals surface area contributed by atoms with E-state index in [1.165, 1.54) is 10.9 Å². The molecule has 1 fully saturated rings. The molecule has 94 valence electrons. The van der Waals surface area contributed by atoms with Gasteiger partial charge in [-0.2, -0.15) is 0 Å². The van der Waals surface area contributed by atoms with Crippen molar-refractivity contribution in [3.63, 3.8) is 0 Å². The molecule has 1 aromatic heterocycles. The van der Waals surface area contributed by atoms with Gasteiger partial charge in [0.05, 0.1) is 31.7 Å². The summed E-state index contributed by atoms with van der Waals surface area (Å²) in [6.45, 7) is -0.00713. The van der Waals surface area contributed by atoms with Gasteiger partial charge in [0.1, 0.15) is 18.3 Å². The minimum Gasteiger partial charge on any atom is -0.394 e. The maximum atomic E-state index is 10.1. The molecule has 2 aliphatic heterocycles. The lowest BCUT2D eigenvalue weighted by Crippen LogP contribution is -2.52. The molecule has 1 saturated heterocycles. The first-order valence-corrected chi connectivity index (χ1v) is 5.31. The molecule has 4 atom stereocenters. The molecule has 0 bridgehead atoms. The van der Waals surface area contributed by atoms with Gasteiger partial charge in [0.15, 0.2) is 0 Å². The summed E-state index contributed by atoms with van der Waals surface area (Å²) in [4.78, 5) is 0. The molecule has 8 nitrogen and oxygen atoms in total. The van der Waals surface area contributed by atoms with E-state index in [-0.39, 0.29) is 13.2 Å². The van der Waals surface area contributed by atoms with Crippen LogP contribution in [0.5, 0.6) is 0 Å². The molecule has 3 N–H and O–H groups in total. The first-order valence-electron chi connectivity index (χ1n) is 5.31. The third-order valence-electron chi connectivity index (χ3n) is 3.24. The Morgan fingerprint density at radius 1 is 1.53 bits per heavy atom. The summed E-state index contributed by atoms with van der Waals surface area (Å²) in [7, 11) is 0. The Kier molecular flexibility index (Phi) is 2.42. The van der Waals surface area contributed by atoms with E-state index in [2.05, 4.69) is 10.3 Å². The summed E-state index contributed by atoms with van der Waals surface area (Å²) in [5.74, 6) is 0. The van der Waals surface area contributed by atoms with Crippen molar-refractivity contribution < 1.29 is 24.8 Å². The zero-order chi connectivity index (χ0) is 12.0. The highest BCUT2D eigenvalue weighted by Crippen LogP contribution is 2.38. The van der Waals surface area contributed by atoms with Gasteiger partial charge < -0.3 is 24.8 Å². The van der Waals surface area contributed by atoms with Crippen molar-refractivity contribution in [1.29, 1.82) is 0 Å². The SMILES string of the molecule is OC[C@H]1O[C@]2(COCc3cnnn32)[C@H](O)[C@@H]1O. The maximum absolute atomic E-state index is 10.1. The highest BCUT2D eigenvalue weighted by molar-refractivity contribution is 5.06. The quantitative estimate of drug-likeness (QED) is 0.503. The zero-order valence-corrected chi connectivity index (χ0v) is 8.93. The summed E-state index contributed by atoms with van der Waals surface area (Å²) in [5, 5.41) is 36.5. The molecule has 1 aromatic rings. The van der Waals surface area contributed by atoms with Crippen LogP contribution in [0.3, 0.4) is 0 Å². The molecular formula is C9H13N3O5. The van der Waals surface area contributed by atoms with E-state index in [0.29, 0.717) is 12.3 Å². The van der Waals surface area contributed by atoms with Crippen LogP contribution < -0.4 is 0 Å². The van der Waals surface area contributed by atoms with Gasteiger partial charge in [-0.3, -0.25) is 0 Å². The Morgan fingerprint density at radius 2 is 2.35 bits per heavy atom. The number of aliphatic hydroxyl groups excluding tert-OH is 3. The van der Waals surface area contributed by atoms with Crippen LogP contribution in [-0.2, 0) is 21.8 Å². The Labute approximate surface area is 96.4 Å². The Hall–Kier alpha value is -1.06. The molecule has 0 amide bonds. The fourth-order valence-electron chi connectivity index (χ4n) is 2.35. The van der Waals surface area contributed by atoms with Gasteiger partial charge in [0.2, 0.25) is 5.72 Å². The second-order valence-corrected chi connectivity index (χ2v) is 4.25. The summed E-state index contributed by atoms with van der Waals surface area (Å²) in [6.07, 6.45) is -1.75. The van der Waals surface area contributed by atoms with Crippen molar-refractivity contribution in [3.05, 3.63) is 11.9 Å². The highest BCUT2D eigenvalue weighted by atomic mass is 16.6. The molecule has 0 aromatic carbocycles. The van der Waals surface area contributed by atoms with E-state index in [0.717, 1.165) is 0 Å². The number of nitrogens with zero attached hydrogens (tertiary/aromatic N) is 3. The van der Waals surface area contributed by atoms with Crippen LogP contribution in [0.25, 0.3) is 0 Å². The lowest BCUT2D eigenvalue weighted by Gasteiger charge is -2.35. The molecule has 3 rings (SSSR count). The van der Waals surface area contributed by atoms with Gasteiger partial charge in [-0.1, -0.05) is 5.21 Å². The van der Waals surface area contributed by atoms with Gasteiger partial charge in [0, 0.05) is 0 Å². The molecule has 1 spiro atoms. The summed E-state index contributed by atoms with van der Waals surface area (Å²) in [6, 6.07) is 0. The number of aliphatic hydroxyl groups is 3. The fraction of sp³-hybridized carbons (Fsp3) is 0.778. The Balaban J connectivity index is 2.04. The van der Waals surface area contributed by atoms with Crippen LogP contribution in [0, 0.1) is 0 Å². The van der Waals surface area contributed by atoms with Crippen LogP contribution >= 0.6 is 0 Å². The van der Waals surface area contributed by atoms with Crippen LogP contribution in [0.4, 0.5) is 0 Å². The third kappa shape index (κ3) is 1.36. The smallest absolute Gasteiger partial charge is 0.215 e.